The smallest absolute Gasteiger partial charge is 0.335 e. The number of unbranched alkanes of at least 4 members (excludes halogenated alkanes) is 1. The van der Waals surface area contributed by atoms with E-state index >= 15 is 0 Å². The molecule has 5 N–H and O–H groups in total. The summed E-state index contributed by atoms with van der Waals surface area (Å²) >= 11 is 0. The van der Waals surface area contributed by atoms with Gasteiger partial charge >= 0.3 is 24.0 Å². The second-order valence-electron chi connectivity index (χ2n) is 12.1. The number of urea groups is 2. The van der Waals surface area contributed by atoms with E-state index < -0.39 is 11.9 Å². The number of nitrogens with zero attached hydrogens (tertiary/aromatic N) is 1. The van der Waals surface area contributed by atoms with Crippen LogP contribution in [0.1, 0.15) is 57.5 Å². The molecule has 0 unspecified atom stereocenters. The molecule has 4 aromatic rings. The van der Waals surface area contributed by atoms with Crippen LogP contribution < -0.4 is 25.4 Å². The van der Waals surface area contributed by atoms with E-state index in [4.69, 9.17) is 19.7 Å². The molecule has 1 aliphatic heterocycles. The first-order valence-corrected chi connectivity index (χ1v) is 16.8. The summed E-state index contributed by atoms with van der Waals surface area (Å²) in [4.78, 5) is 47.5. The van der Waals surface area contributed by atoms with Crippen molar-refractivity contribution in [2.45, 2.75) is 45.6 Å². The maximum absolute atomic E-state index is 12.3. The Kier molecular flexibility index (Phi) is 14.2. The van der Waals surface area contributed by atoms with Gasteiger partial charge in [-0.25, -0.2) is 19.2 Å². The molecule has 1 saturated heterocycles. The zero-order valence-electron chi connectivity index (χ0n) is 28.8. The number of ether oxygens (including phenoxy) is 2. The monoisotopic (exact) mass is 696 g/mol. The van der Waals surface area contributed by atoms with Crippen molar-refractivity contribution in [1.82, 2.24) is 10.2 Å². The molecule has 0 radical (unpaired) electrons. The van der Waals surface area contributed by atoms with Crippen LogP contribution in [0.25, 0.3) is 0 Å². The molecule has 0 saturated carbocycles. The predicted octanol–water partition coefficient (Wildman–Crippen LogP) is 7.44. The minimum Gasteiger partial charge on any atom is -0.494 e. The van der Waals surface area contributed by atoms with Crippen LogP contribution >= 0.6 is 0 Å². The number of anilines is 2. The lowest BCUT2D eigenvalue weighted by Crippen LogP contribution is -2.43. The quantitative estimate of drug-likeness (QED) is 0.0953. The summed E-state index contributed by atoms with van der Waals surface area (Å²) in [5, 5.41) is 26.2. The van der Waals surface area contributed by atoms with Crippen molar-refractivity contribution in [3.63, 3.8) is 0 Å². The molecule has 0 bridgehead atoms. The molecule has 51 heavy (non-hydrogen) atoms. The van der Waals surface area contributed by atoms with E-state index in [1.165, 1.54) is 24.3 Å². The summed E-state index contributed by atoms with van der Waals surface area (Å²) in [6, 6.07) is 27.7. The molecule has 268 valence electrons. The Morgan fingerprint density at radius 1 is 0.667 bits per heavy atom. The number of rotatable bonds is 12. The number of nitrogens with one attached hydrogen (secondary N) is 3. The third kappa shape index (κ3) is 13.1. The Labute approximate surface area is 297 Å². The number of aromatic carboxylic acids is 2. The zero-order chi connectivity index (χ0) is 36.6. The standard InChI is InChI=1S/C20H22N2O4.C19H22N2O4/c1-14-2-6-16(7-3-14)21-20(25)22-12-10-18(11-13-22)26-17-8-4-15(5-9-17)19(23)24;1-14-4-8-16(9-5-14)21-19(24)20-12-2-3-13-25-17-10-6-15(7-11-17)18(22)23/h2-9,18H,10-13H2,1H3,(H,21,25)(H,23,24);4-11H,2-3,12-13H2,1H3,(H,22,23)(H2,20,21,24). The molecular formula is C39H44N4O8. The molecule has 12 nitrogen and oxygen atoms in total. The normalized spacial score (nSPS) is 12.5. The van der Waals surface area contributed by atoms with Crippen molar-refractivity contribution >= 4 is 35.4 Å². The Morgan fingerprint density at radius 3 is 1.67 bits per heavy atom. The molecule has 4 aromatic carbocycles. The van der Waals surface area contributed by atoms with Gasteiger partial charge in [0.15, 0.2) is 0 Å². The molecule has 4 amide bonds. The Balaban J connectivity index is 0.000000229. The van der Waals surface area contributed by atoms with E-state index in [9.17, 15) is 19.2 Å². The summed E-state index contributed by atoms with van der Waals surface area (Å²) in [5.74, 6) is -0.626. The Hall–Kier alpha value is -6.04. The highest BCUT2D eigenvalue weighted by atomic mass is 16.5. The Bertz CT molecular complexity index is 1720. The number of benzene rings is 4. The number of aryl methyl sites for hydroxylation is 2. The van der Waals surface area contributed by atoms with Gasteiger partial charge in [-0.3, -0.25) is 0 Å². The first-order valence-electron chi connectivity index (χ1n) is 16.8. The van der Waals surface area contributed by atoms with Gasteiger partial charge in [0, 0.05) is 43.9 Å². The summed E-state index contributed by atoms with van der Waals surface area (Å²) in [5.41, 5.74) is 4.31. The number of carbonyl (C=O) groups is 4. The van der Waals surface area contributed by atoms with Crippen molar-refractivity contribution in [3.8, 4) is 11.5 Å². The van der Waals surface area contributed by atoms with Crippen LogP contribution in [0.2, 0.25) is 0 Å². The van der Waals surface area contributed by atoms with Crippen LogP contribution in [0, 0.1) is 13.8 Å². The van der Waals surface area contributed by atoms with Crippen LogP contribution in [0.5, 0.6) is 11.5 Å². The molecule has 12 heteroatoms. The van der Waals surface area contributed by atoms with Crippen molar-refractivity contribution in [2.24, 2.45) is 0 Å². The predicted molar refractivity (Wildman–Crippen MR) is 195 cm³/mol. The molecule has 0 spiro atoms. The highest BCUT2D eigenvalue weighted by molar-refractivity contribution is 5.90. The maximum atomic E-state index is 12.3. The second-order valence-corrected chi connectivity index (χ2v) is 12.1. The number of piperidine rings is 1. The van der Waals surface area contributed by atoms with Crippen molar-refractivity contribution in [2.75, 3.05) is 36.9 Å². The molecule has 0 aromatic heterocycles. The number of carboxylic acid groups (broad SMARTS) is 2. The van der Waals surface area contributed by atoms with Crippen molar-refractivity contribution < 1.29 is 38.9 Å². The van der Waals surface area contributed by atoms with Gasteiger partial charge in [-0.05, 0) is 99.5 Å². The zero-order valence-corrected chi connectivity index (χ0v) is 28.8. The van der Waals surface area contributed by atoms with Crippen LogP contribution in [0.15, 0.2) is 97.1 Å². The highest BCUT2D eigenvalue weighted by Gasteiger charge is 2.24. The Morgan fingerprint density at radius 2 is 1.16 bits per heavy atom. The van der Waals surface area contributed by atoms with Gasteiger partial charge in [0.05, 0.1) is 17.7 Å². The lowest BCUT2D eigenvalue weighted by atomic mass is 10.1. The van der Waals surface area contributed by atoms with Crippen LogP contribution in [0.3, 0.4) is 0 Å². The van der Waals surface area contributed by atoms with Crippen LogP contribution in [-0.2, 0) is 0 Å². The highest BCUT2D eigenvalue weighted by Crippen LogP contribution is 2.21. The van der Waals surface area contributed by atoms with E-state index in [-0.39, 0.29) is 29.3 Å². The van der Waals surface area contributed by atoms with Gasteiger partial charge in [0.2, 0.25) is 0 Å². The molecule has 1 heterocycles. The van der Waals surface area contributed by atoms with E-state index in [1.54, 1.807) is 29.2 Å². The summed E-state index contributed by atoms with van der Waals surface area (Å²) in [6.07, 6.45) is 3.07. The topological polar surface area (TPSA) is 167 Å². The molecule has 0 atom stereocenters. The van der Waals surface area contributed by atoms with E-state index in [0.717, 1.165) is 48.2 Å². The third-order valence-electron chi connectivity index (χ3n) is 7.97. The van der Waals surface area contributed by atoms with E-state index in [0.29, 0.717) is 37.7 Å². The fourth-order valence-corrected chi connectivity index (χ4v) is 5.01. The first kappa shape index (κ1) is 37.8. The first-order chi connectivity index (χ1) is 24.5. The average molecular weight is 697 g/mol. The van der Waals surface area contributed by atoms with Gasteiger partial charge in [-0.15, -0.1) is 0 Å². The van der Waals surface area contributed by atoms with E-state index in [2.05, 4.69) is 16.0 Å². The minimum absolute atomic E-state index is 0.0223. The third-order valence-corrected chi connectivity index (χ3v) is 7.97. The summed E-state index contributed by atoms with van der Waals surface area (Å²) in [6.45, 7) is 6.30. The lowest BCUT2D eigenvalue weighted by Gasteiger charge is -2.32. The number of hydrogen-bond donors (Lipinski definition) is 5. The number of amides is 4. The average Bonchev–Trinajstić information content (AvgIpc) is 3.12. The van der Waals surface area contributed by atoms with Gasteiger partial charge in [0.25, 0.3) is 0 Å². The SMILES string of the molecule is Cc1ccc(NC(=O)N2CCC(Oc3ccc(C(=O)O)cc3)CC2)cc1.Cc1ccc(NC(=O)NCCCCOc2ccc(C(=O)O)cc2)cc1. The largest absolute Gasteiger partial charge is 0.494 e. The number of likely N-dealkylation sites (tertiary alicyclic amines) is 1. The fraction of sp³-hybridized carbons (Fsp3) is 0.282. The number of carbonyl (C=O) groups excluding carboxylic acids is 2. The fourth-order valence-electron chi connectivity index (χ4n) is 5.01. The van der Waals surface area contributed by atoms with Gasteiger partial charge in [0.1, 0.15) is 17.6 Å². The molecular weight excluding hydrogens is 652 g/mol. The van der Waals surface area contributed by atoms with Gasteiger partial charge in [-0.1, -0.05) is 35.4 Å². The van der Waals surface area contributed by atoms with Crippen LogP contribution in [-0.4, -0.2) is 71.5 Å². The minimum atomic E-state index is -0.957. The summed E-state index contributed by atoms with van der Waals surface area (Å²) in [7, 11) is 0. The van der Waals surface area contributed by atoms with E-state index in [1.807, 2.05) is 62.4 Å². The van der Waals surface area contributed by atoms with Crippen molar-refractivity contribution in [3.05, 3.63) is 119 Å². The maximum Gasteiger partial charge on any atom is 0.335 e. The molecule has 1 fully saturated rings. The van der Waals surface area contributed by atoms with Crippen molar-refractivity contribution in [1.29, 1.82) is 0 Å². The lowest BCUT2D eigenvalue weighted by molar-refractivity contribution is 0.0686. The van der Waals surface area contributed by atoms with Crippen LogP contribution in [0.4, 0.5) is 21.0 Å². The molecule has 1 aliphatic rings. The second kappa shape index (κ2) is 19.2. The molecule has 5 rings (SSSR count). The summed E-state index contributed by atoms with van der Waals surface area (Å²) < 4.78 is 11.4. The van der Waals surface area contributed by atoms with Gasteiger partial charge in [-0.2, -0.15) is 0 Å². The number of hydrogen-bond acceptors (Lipinski definition) is 6. The number of carboxylic acids is 2. The van der Waals surface area contributed by atoms with Gasteiger partial charge < -0.3 is 40.5 Å². The molecule has 0 aliphatic carbocycles.